The van der Waals surface area contributed by atoms with Gasteiger partial charge in [-0.1, -0.05) is 12.1 Å². The van der Waals surface area contributed by atoms with Crippen molar-refractivity contribution in [3.8, 4) is 0 Å². The van der Waals surface area contributed by atoms with Gasteiger partial charge >= 0.3 is 6.18 Å². The number of hydrogen-bond acceptors (Lipinski definition) is 2. The first-order chi connectivity index (χ1) is 9.18. The summed E-state index contributed by atoms with van der Waals surface area (Å²) >= 11 is 0. The lowest BCUT2D eigenvalue weighted by Gasteiger charge is -2.15. The summed E-state index contributed by atoms with van der Waals surface area (Å²) in [6, 6.07) is 4.32. The van der Waals surface area contributed by atoms with Gasteiger partial charge in [-0.3, -0.25) is 4.79 Å². The van der Waals surface area contributed by atoms with Crippen LogP contribution >= 0.6 is 0 Å². The highest BCUT2D eigenvalue weighted by Crippen LogP contribution is 2.29. The molecule has 0 spiro atoms. The number of aliphatic hydroxyl groups excluding tert-OH is 1. The van der Waals surface area contributed by atoms with Crippen LogP contribution < -0.4 is 5.32 Å². The fraction of sp³-hybridized carbons (Fsp3) is 0.500. The minimum Gasteiger partial charge on any atom is -0.393 e. The maximum atomic E-state index is 12.4. The lowest BCUT2D eigenvalue weighted by Crippen LogP contribution is -2.35. The summed E-state index contributed by atoms with van der Waals surface area (Å²) in [6.07, 6.45) is -4.44. The van der Waals surface area contributed by atoms with Crippen molar-refractivity contribution in [3.63, 3.8) is 0 Å². The number of carbonyl (C=O) groups is 1. The van der Waals surface area contributed by atoms with E-state index in [9.17, 15) is 23.1 Å². The lowest BCUT2D eigenvalue weighted by atomic mass is 10.1. The quantitative estimate of drug-likeness (QED) is 0.875. The Labute approximate surface area is 115 Å². The summed E-state index contributed by atoms with van der Waals surface area (Å²) in [5.41, 5.74) is -0.219. The topological polar surface area (TPSA) is 49.3 Å². The van der Waals surface area contributed by atoms with Crippen LogP contribution in [0.4, 0.5) is 13.2 Å². The first-order valence-electron chi connectivity index (χ1n) is 6.32. The van der Waals surface area contributed by atoms with Crippen molar-refractivity contribution in [2.75, 3.05) is 0 Å². The second-order valence-corrected chi connectivity index (χ2v) is 4.92. The molecule has 6 heteroatoms. The van der Waals surface area contributed by atoms with Gasteiger partial charge in [0.1, 0.15) is 0 Å². The lowest BCUT2D eigenvalue weighted by molar-refractivity contribution is -0.137. The summed E-state index contributed by atoms with van der Waals surface area (Å²) in [7, 11) is 0. The molecule has 0 aliphatic rings. The molecule has 1 rings (SSSR count). The molecule has 0 aliphatic carbocycles. The first kappa shape index (κ1) is 16.5. The molecule has 0 heterocycles. The van der Waals surface area contributed by atoms with Crippen LogP contribution in [0.2, 0.25) is 0 Å². The third-order valence-corrected chi connectivity index (χ3v) is 2.75. The molecule has 2 atom stereocenters. The number of aliphatic hydroxyl groups is 1. The van der Waals surface area contributed by atoms with E-state index in [2.05, 4.69) is 5.32 Å². The summed E-state index contributed by atoms with van der Waals surface area (Å²) in [5, 5.41) is 11.9. The van der Waals surface area contributed by atoms with Crippen LogP contribution in [0.5, 0.6) is 0 Å². The second kappa shape index (κ2) is 6.74. The standard InChI is InChI=1S/C14H18F3NO2/c1-9(7-10(2)19)18-13(20)8-11-3-5-12(6-4-11)14(15,16)17/h3-6,9-10,19H,7-8H2,1-2H3,(H,18,20). The molecule has 3 nitrogen and oxygen atoms in total. The Morgan fingerprint density at radius 1 is 1.25 bits per heavy atom. The molecule has 0 saturated carbocycles. The Kier molecular flexibility index (Phi) is 5.56. The smallest absolute Gasteiger partial charge is 0.393 e. The summed E-state index contributed by atoms with van der Waals surface area (Å²) in [5.74, 6) is -0.280. The maximum absolute atomic E-state index is 12.4. The molecule has 2 N–H and O–H groups in total. The largest absolute Gasteiger partial charge is 0.416 e. The van der Waals surface area contributed by atoms with Crippen molar-refractivity contribution < 1.29 is 23.1 Å². The molecule has 1 amide bonds. The van der Waals surface area contributed by atoms with Crippen LogP contribution in [0.1, 0.15) is 31.4 Å². The number of halogens is 3. The van der Waals surface area contributed by atoms with E-state index in [4.69, 9.17) is 0 Å². The maximum Gasteiger partial charge on any atom is 0.416 e. The van der Waals surface area contributed by atoms with Gasteiger partial charge in [-0.15, -0.1) is 0 Å². The number of carbonyl (C=O) groups excluding carboxylic acids is 1. The Morgan fingerprint density at radius 3 is 2.25 bits per heavy atom. The van der Waals surface area contributed by atoms with Crippen LogP contribution in [0.3, 0.4) is 0 Å². The Hall–Kier alpha value is -1.56. The van der Waals surface area contributed by atoms with E-state index in [0.717, 1.165) is 12.1 Å². The van der Waals surface area contributed by atoms with Gasteiger partial charge in [0.05, 0.1) is 18.1 Å². The normalized spacial score (nSPS) is 14.7. The van der Waals surface area contributed by atoms with Crippen molar-refractivity contribution >= 4 is 5.91 Å². The van der Waals surface area contributed by atoms with E-state index in [1.165, 1.54) is 12.1 Å². The van der Waals surface area contributed by atoms with Crippen LogP contribution in [0.25, 0.3) is 0 Å². The van der Waals surface area contributed by atoms with Gasteiger partial charge in [-0.25, -0.2) is 0 Å². The molecular formula is C14H18F3NO2. The number of rotatable bonds is 5. The zero-order chi connectivity index (χ0) is 15.3. The average Bonchev–Trinajstić information content (AvgIpc) is 2.26. The molecule has 112 valence electrons. The molecule has 2 unspecified atom stereocenters. The van der Waals surface area contributed by atoms with E-state index < -0.39 is 17.8 Å². The Balaban J connectivity index is 2.54. The molecule has 0 bridgehead atoms. The Bertz CT molecular complexity index is 441. The third-order valence-electron chi connectivity index (χ3n) is 2.75. The minimum absolute atomic E-state index is 0.0162. The van der Waals surface area contributed by atoms with E-state index in [1.54, 1.807) is 13.8 Å². The zero-order valence-corrected chi connectivity index (χ0v) is 11.4. The molecule has 1 aromatic carbocycles. The van der Waals surface area contributed by atoms with Gasteiger partial charge in [0.2, 0.25) is 5.91 Å². The van der Waals surface area contributed by atoms with Crippen LogP contribution in [-0.2, 0) is 17.4 Å². The van der Waals surface area contributed by atoms with Gasteiger partial charge in [-0.2, -0.15) is 13.2 Å². The van der Waals surface area contributed by atoms with Gasteiger partial charge in [0, 0.05) is 6.04 Å². The number of nitrogens with one attached hydrogen (secondary N) is 1. The molecule has 0 saturated heterocycles. The van der Waals surface area contributed by atoms with Gasteiger partial charge < -0.3 is 10.4 Å². The number of hydrogen-bond donors (Lipinski definition) is 2. The SMILES string of the molecule is CC(O)CC(C)NC(=O)Cc1ccc(C(F)(F)F)cc1. The van der Waals surface area contributed by atoms with Gasteiger partial charge in [0.15, 0.2) is 0 Å². The van der Waals surface area contributed by atoms with Crippen molar-refractivity contribution in [2.45, 2.75) is 45.0 Å². The van der Waals surface area contributed by atoms with E-state index in [-0.39, 0.29) is 18.4 Å². The molecule has 0 aromatic heterocycles. The highest BCUT2D eigenvalue weighted by molar-refractivity contribution is 5.78. The summed E-state index contributed by atoms with van der Waals surface area (Å²) in [6.45, 7) is 3.38. The van der Waals surface area contributed by atoms with Crippen molar-refractivity contribution in [3.05, 3.63) is 35.4 Å². The predicted molar refractivity (Wildman–Crippen MR) is 69.1 cm³/mol. The van der Waals surface area contributed by atoms with Crippen molar-refractivity contribution in [1.82, 2.24) is 5.32 Å². The van der Waals surface area contributed by atoms with Crippen molar-refractivity contribution in [2.24, 2.45) is 0 Å². The monoisotopic (exact) mass is 289 g/mol. The van der Waals surface area contributed by atoms with Crippen molar-refractivity contribution in [1.29, 1.82) is 0 Å². The Morgan fingerprint density at radius 2 is 1.80 bits per heavy atom. The van der Waals surface area contributed by atoms with Crippen LogP contribution in [0, 0.1) is 0 Å². The fourth-order valence-electron chi connectivity index (χ4n) is 1.89. The zero-order valence-electron chi connectivity index (χ0n) is 11.4. The number of amides is 1. The van der Waals surface area contributed by atoms with Crippen LogP contribution in [0.15, 0.2) is 24.3 Å². The number of benzene rings is 1. The van der Waals surface area contributed by atoms with Gasteiger partial charge in [0.25, 0.3) is 0 Å². The highest BCUT2D eigenvalue weighted by atomic mass is 19.4. The van der Waals surface area contributed by atoms with Crippen LogP contribution in [-0.4, -0.2) is 23.2 Å². The van der Waals surface area contributed by atoms with E-state index >= 15 is 0 Å². The average molecular weight is 289 g/mol. The molecule has 0 aliphatic heterocycles. The number of alkyl halides is 3. The van der Waals surface area contributed by atoms with E-state index in [0.29, 0.717) is 12.0 Å². The molecular weight excluding hydrogens is 271 g/mol. The first-order valence-corrected chi connectivity index (χ1v) is 6.32. The summed E-state index contributed by atoms with van der Waals surface area (Å²) in [4.78, 5) is 11.7. The van der Waals surface area contributed by atoms with Gasteiger partial charge in [-0.05, 0) is 38.0 Å². The molecule has 1 aromatic rings. The molecule has 20 heavy (non-hydrogen) atoms. The fourth-order valence-corrected chi connectivity index (χ4v) is 1.89. The molecule has 0 fully saturated rings. The highest BCUT2D eigenvalue weighted by Gasteiger charge is 2.29. The molecule has 0 radical (unpaired) electrons. The second-order valence-electron chi connectivity index (χ2n) is 4.92. The van der Waals surface area contributed by atoms with E-state index in [1.807, 2.05) is 0 Å². The summed E-state index contributed by atoms with van der Waals surface area (Å²) < 4.78 is 37.1. The minimum atomic E-state index is -4.37. The third kappa shape index (κ3) is 5.61. The predicted octanol–water partition coefficient (Wildman–Crippen LogP) is 2.52.